The Morgan fingerprint density at radius 2 is 1.55 bits per heavy atom. The topological polar surface area (TPSA) is 72.7 Å². The van der Waals surface area contributed by atoms with Gasteiger partial charge in [0.25, 0.3) is 5.56 Å². The highest BCUT2D eigenvalue weighted by Gasteiger charge is 2.18. The van der Waals surface area contributed by atoms with E-state index in [9.17, 15) is 9.59 Å². The summed E-state index contributed by atoms with van der Waals surface area (Å²) in [5.74, 6) is 0. The molecule has 0 unspecified atom stereocenters. The van der Waals surface area contributed by atoms with Gasteiger partial charge in [0.1, 0.15) is 0 Å². The zero-order valence-corrected chi connectivity index (χ0v) is 19.4. The third-order valence-electron chi connectivity index (χ3n) is 5.59. The number of rotatable bonds is 14. The predicted octanol–water partition coefficient (Wildman–Crippen LogP) is 5.23. The molecule has 164 valence electrons. The Balaban J connectivity index is 1.98. The Morgan fingerprint density at radius 3 is 2.14 bits per heavy atom. The number of unbranched alkanes of at least 4 members (excludes halogenated alkanes) is 9. The summed E-state index contributed by atoms with van der Waals surface area (Å²) < 4.78 is 3.46. The molecule has 0 fully saturated rings. The van der Waals surface area contributed by atoms with Crippen LogP contribution in [0.25, 0.3) is 11.2 Å². The third kappa shape index (κ3) is 6.76. The summed E-state index contributed by atoms with van der Waals surface area (Å²) in [7, 11) is 1.66. The monoisotopic (exact) mass is 422 g/mol. The SMILES string of the molecule is CCCCCCCCCCCCn1c(S[C@@H](C)CC)nc2c1c(=O)[nH]c(=O)n2C. The number of hydrogen-bond donors (Lipinski definition) is 1. The van der Waals surface area contributed by atoms with E-state index < -0.39 is 5.69 Å². The molecule has 0 amide bonds. The molecule has 0 spiro atoms. The fourth-order valence-electron chi connectivity index (χ4n) is 3.53. The highest BCUT2D eigenvalue weighted by molar-refractivity contribution is 7.99. The van der Waals surface area contributed by atoms with Gasteiger partial charge in [-0.2, -0.15) is 0 Å². The van der Waals surface area contributed by atoms with Crippen molar-refractivity contribution in [2.75, 3.05) is 0 Å². The summed E-state index contributed by atoms with van der Waals surface area (Å²) in [6, 6.07) is 0. The number of H-pyrrole nitrogens is 1. The lowest BCUT2D eigenvalue weighted by Crippen LogP contribution is -2.29. The average molecular weight is 423 g/mol. The molecule has 7 heteroatoms. The van der Waals surface area contributed by atoms with Crippen LogP contribution < -0.4 is 11.2 Å². The van der Waals surface area contributed by atoms with Crippen LogP contribution in [0.15, 0.2) is 14.7 Å². The summed E-state index contributed by atoms with van der Waals surface area (Å²) in [5.41, 5.74) is 0.260. The average Bonchev–Trinajstić information content (AvgIpc) is 3.06. The van der Waals surface area contributed by atoms with E-state index in [0.717, 1.165) is 31.0 Å². The lowest BCUT2D eigenvalue weighted by atomic mass is 10.1. The molecule has 0 saturated carbocycles. The molecule has 0 saturated heterocycles. The Labute approximate surface area is 178 Å². The first-order chi connectivity index (χ1) is 14.0. The molecule has 2 heterocycles. The number of thioether (sulfide) groups is 1. The van der Waals surface area contributed by atoms with E-state index in [1.807, 2.05) is 4.57 Å². The largest absolute Gasteiger partial charge is 0.329 e. The van der Waals surface area contributed by atoms with Gasteiger partial charge in [-0.3, -0.25) is 14.3 Å². The molecule has 0 radical (unpaired) electrons. The van der Waals surface area contributed by atoms with Crippen molar-refractivity contribution in [3.05, 3.63) is 20.8 Å². The second-order valence-electron chi connectivity index (χ2n) is 8.06. The number of aryl methyl sites for hydroxylation is 2. The lowest BCUT2D eigenvalue weighted by Gasteiger charge is -2.11. The van der Waals surface area contributed by atoms with Gasteiger partial charge in [0, 0.05) is 18.8 Å². The van der Waals surface area contributed by atoms with Gasteiger partial charge < -0.3 is 4.57 Å². The minimum atomic E-state index is -0.411. The van der Waals surface area contributed by atoms with Gasteiger partial charge >= 0.3 is 5.69 Å². The number of imidazole rings is 1. The molecule has 0 aromatic carbocycles. The van der Waals surface area contributed by atoms with Crippen molar-refractivity contribution in [1.82, 2.24) is 19.1 Å². The van der Waals surface area contributed by atoms with E-state index in [1.165, 1.54) is 55.9 Å². The Bertz CT molecular complexity index is 868. The molecule has 29 heavy (non-hydrogen) atoms. The first-order valence-electron chi connectivity index (χ1n) is 11.4. The second-order valence-corrected chi connectivity index (χ2v) is 9.46. The van der Waals surface area contributed by atoms with Crippen molar-refractivity contribution in [2.45, 2.75) is 108 Å². The van der Waals surface area contributed by atoms with Crippen molar-refractivity contribution >= 4 is 22.9 Å². The lowest BCUT2D eigenvalue weighted by molar-refractivity contribution is 0.526. The summed E-state index contributed by atoms with van der Waals surface area (Å²) in [5, 5.41) is 1.26. The fourth-order valence-corrected chi connectivity index (χ4v) is 4.51. The molecule has 2 aromatic rings. The van der Waals surface area contributed by atoms with Gasteiger partial charge in [0.05, 0.1) is 0 Å². The van der Waals surface area contributed by atoms with Crippen LogP contribution in [0.3, 0.4) is 0 Å². The zero-order valence-electron chi connectivity index (χ0n) is 18.6. The van der Waals surface area contributed by atoms with Crippen molar-refractivity contribution in [1.29, 1.82) is 0 Å². The van der Waals surface area contributed by atoms with Crippen LogP contribution in [0.4, 0.5) is 0 Å². The van der Waals surface area contributed by atoms with E-state index >= 15 is 0 Å². The molecular weight excluding hydrogens is 384 g/mol. The summed E-state index contributed by atoms with van der Waals surface area (Å²) in [4.78, 5) is 31.5. The zero-order chi connectivity index (χ0) is 21.2. The van der Waals surface area contributed by atoms with E-state index in [2.05, 4.69) is 30.7 Å². The van der Waals surface area contributed by atoms with Crippen LogP contribution in [0, 0.1) is 0 Å². The molecule has 2 aromatic heterocycles. The molecular formula is C22H38N4O2S. The number of aromatic nitrogens is 4. The molecule has 0 aliphatic rings. The smallest absolute Gasteiger partial charge is 0.313 e. The van der Waals surface area contributed by atoms with Gasteiger partial charge in [-0.05, 0) is 12.8 Å². The summed E-state index contributed by atoms with van der Waals surface area (Å²) >= 11 is 1.68. The van der Waals surface area contributed by atoms with Crippen LogP contribution in [0.1, 0.15) is 91.4 Å². The van der Waals surface area contributed by atoms with Crippen molar-refractivity contribution in [3.63, 3.8) is 0 Å². The van der Waals surface area contributed by atoms with Crippen molar-refractivity contribution < 1.29 is 0 Å². The Kier molecular flexibility index (Phi) is 10.0. The predicted molar refractivity (Wildman–Crippen MR) is 123 cm³/mol. The van der Waals surface area contributed by atoms with E-state index in [0.29, 0.717) is 16.4 Å². The Hall–Kier alpha value is -1.50. The van der Waals surface area contributed by atoms with Gasteiger partial charge in [-0.25, -0.2) is 9.78 Å². The number of hydrogen-bond acceptors (Lipinski definition) is 4. The number of aromatic amines is 1. The highest BCUT2D eigenvalue weighted by atomic mass is 32.2. The maximum absolute atomic E-state index is 12.5. The van der Waals surface area contributed by atoms with Crippen molar-refractivity contribution in [3.8, 4) is 0 Å². The maximum Gasteiger partial charge on any atom is 0.329 e. The first-order valence-corrected chi connectivity index (χ1v) is 12.2. The third-order valence-corrected chi connectivity index (χ3v) is 6.85. The van der Waals surface area contributed by atoms with Gasteiger partial charge in [-0.1, -0.05) is 90.3 Å². The molecule has 0 aliphatic carbocycles. The maximum atomic E-state index is 12.5. The normalized spacial score (nSPS) is 12.7. The van der Waals surface area contributed by atoms with E-state index in [1.54, 1.807) is 18.8 Å². The van der Waals surface area contributed by atoms with Gasteiger partial charge in [0.15, 0.2) is 16.3 Å². The highest BCUT2D eigenvalue weighted by Crippen LogP contribution is 2.27. The molecule has 2 rings (SSSR count). The van der Waals surface area contributed by atoms with E-state index in [4.69, 9.17) is 0 Å². The van der Waals surface area contributed by atoms with Crippen LogP contribution >= 0.6 is 11.8 Å². The van der Waals surface area contributed by atoms with Crippen LogP contribution in [-0.2, 0) is 13.6 Å². The first kappa shape index (κ1) is 23.8. The van der Waals surface area contributed by atoms with E-state index in [-0.39, 0.29) is 5.56 Å². The minimum Gasteiger partial charge on any atom is -0.313 e. The summed E-state index contributed by atoms with van der Waals surface area (Å²) in [6.45, 7) is 7.34. The summed E-state index contributed by atoms with van der Waals surface area (Å²) in [6.07, 6.45) is 13.8. The van der Waals surface area contributed by atoms with Gasteiger partial charge in [-0.15, -0.1) is 0 Å². The second kappa shape index (κ2) is 12.3. The standard InChI is InChI=1S/C22H38N4O2S/c1-5-7-8-9-10-11-12-13-14-15-16-26-18-19(23-22(26)29-17(3)6-2)25(4)21(28)24-20(18)27/h17H,5-16H2,1-4H3,(H,24,27,28)/t17-/m0/s1. The van der Waals surface area contributed by atoms with Crippen LogP contribution in [0.5, 0.6) is 0 Å². The quantitative estimate of drug-likeness (QED) is 0.334. The van der Waals surface area contributed by atoms with Crippen LogP contribution in [0.2, 0.25) is 0 Å². The molecule has 6 nitrogen and oxygen atoms in total. The number of nitrogens with one attached hydrogen (secondary N) is 1. The molecule has 1 N–H and O–H groups in total. The van der Waals surface area contributed by atoms with Gasteiger partial charge in [0.2, 0.25) is 0 Å². The number of nitrogens with zero attached hydrogens (tertiary/aromatic N) is 3. The molecule has 0 bridgehead atoms. The Morgan fingerprint density at radius 1 is 0.966 bits per heavy atom. The number of fused-ring (bicyclic) bond motifs is 1. The van der Waals surface area contributed by atoms with Crippen molar-refractivity contribution in [2.24, 2.45) is 7.05 Å². The molecule has 1 atom stereocenters. The van der Waals surface area contributed by atoms with Crippen LogP contribution in [-0.4, -0.2) is 24.4 Å². The fraction of sp³-hybridized carbons (Fsp3) is 0.773. The molecule has 0 aliphatic heterocycles. The minimum absolute atomic E-state index is 0.335.